The van der Waals surface area contributed by atoms with Crippen LogP contribution in [0.3, 0.4) is 0 Å². The van der Waals surface area contributed by atoms with E-state index in [1.54, 1.807) is 4.90 Å². The second-order valence-corrected chi connectivity index (χ2v) is 7.03. The molecule has 1 amide bonds. The van der Waals surface area contributed by atoms with Gasteiger partial charge in [0.1, 0.15) is 0 Å². The second kappa shape index (κ2) is 7.34. The first-order valence-electron chi connectivity index (χ1n) is 9.25. The number of amides is 1. The molecule has 0 bridgehead atoms. The van der Waals surface area contributed by atoms with Gasteiger partial charge in [0, 0.05) is 37.5 Å². The molecule has 1 saturated heterocycles. The number of carbonyl (C=O) groups excluding carboxylic acids is 1. The van der Waals surface area contributed by atoms with E-state index in [9.17, 15) is 4.79 Å². The van der Waals surface area contributed by atoms with Gasteiger partial charge in [0.05, 0.1) is 6.10 Å². The molecule has 1 fully saturated rings. The third-order valence-electron chi connectivity index (χ3n) is 5.09. The third kappa shape index (κ3) is 3.51. The normalized spacial score (nSPS) is 17.3. The number of aromatic amines is 1. The summed E-state index contributed by atoms with van der Waals surface area (Å²) in [4.78, 5) is 17.8. The number of fused-ring (bicyclic) bond motifs is 1. The molecule has 2 heterocycles. The quantitative estimate of drug-likeness (QED) is 0.756. The van der Waals surface area contributed by atoms with Gasteiger partial charge >= 0.3 is 0 Å². The lowest BCUT2D eigenvalue weighted by atomic mass is 10.0. The number of H-pyrrole nitrogens is 1. The molecule has 0 spiro atoms. The Balaban J connectivity index is 1.53. The van der Waals surface area contributed by atoms with Crippen LogP contribution in [0.2, 0.25) is 0 Å². The van der Waals surface area contributed by atoms with Gasteiger partial charge in [0.15, 0.2) is 0 Å². The van der Waals surface area contributed by atoms with Crippen molar-refractivity contribution >= 4 is 16.8 Å². The van der Waals surface area contributed by atoms with E-state index in [1.807, 2.05) is 31.4 Å². The Morgan fingerprint density at radius 1 is 1.15 bits per heavy atom. The van der Waals surface area contributed by atoms with Crippen LogP contribution in [0, 0.1) is 0 Å². The highest BCUT2D eigenvalue weighted by Gasteiger charge is 2.20. The molecular weight excluding hydrogens is 324 g/mol. The van der Waals surface area contributed by atoms with Crippen LogP contribution in [0.5, 0.6) is 0 Å². The molecule has 1 aliphatic rings. The van der Waals surface area contributed by atoms with Crippen molar-refractivity contribution in [3.05, 3.63) is 60.3 Å². The summed E-state index contributed by atoms with van der Waals surface area (Å²) in [5.41, 5.74) is 4.01. The molecule has 1 unspecified atom stereocenters. The van der Waals surface area contributed by atoms with Gasteiger partial charge in [-0.05, 0) is 66.1 Å². The van der Waals surface area contributed by atoms with Crippen molar-refractivity contribution in [2.75, 3.05) is 20.2 Å². The number of hydrogen-bond donors (Lipinski definition) is 1. The predicted octanol–water partition coefficient (Wildman–Crippen LogP) is 4.48. The number of hydrogen-bond acceptors (Lipinski definition) is 2. The van der Waals surface area contributed by atoms with Crippen LogP contribution in [-0.4, -0.2) is 42.1 Å². The number of ether oxygens (including phenoxy) is 1. The Hall–Kier alpha value is -2.59. The van der Waals surface area contributed by atoms with Gasteiger partial charge in [-0.2, -0.15) is 0 Å². The van der Waals surface area contributed by atoms with E-state index >= 15 is 0 Å². The summed E-state index contributed by atoms with van der Waals surface area (Å²) in [6, 6.07) is 16.2. The van der Waals surface area contributed by atoms with Crippen molar-refractivity contribution in [1.29, 1.82) is 0 Å². The number of carbonyl (C=O) groups is 1. The summed E-state index contributed by atoms with van der Waals surface area (Å²) < 4.78 is 5.76. The Bertz CT molecular complexity index is 909. The summed E-state index contributed by atoms with van der Waals surface area (Å²) in [5, 5.41) is 1.17. The topological polar surface area (TPSA) is 45.3 Å². The second-order valence-electron chi connectivity index (χ2n) is 7.03. The largest absolute Gasteiger partial charge is 0.376 e. The molecule has 1 aromatic heterocycles. The van der Waals surface area contributed by atoms with Crippen LogP contribution >= 0.6 is 0 Å². The van der Waals surface area contributed by atoms with Crippen LogP contribution in [0.15, 0.2) is 54.7 Å². The monoisotopic (exact) mass is 348 g/mol. The summed E-state index contributed by atoms with van der Waals surface area (Å²) in [5.74, 6) is 0.0451. The zero-order valence-corrected chi connectivity index (χ0v) is 15.1. The highest BCUT2D eigenvalue weighted by atomic mass is 16.5. The van der Waals surface area contributed by atoms with E-state index in [0.717, 1.165) is 41.7 Å². The Morgan fingerprint density at radius 2 is 2.04 bits per heavy atom. The van der Waals surface area contributed by atoms with Crippen LogP contribution < -0.4 is 0 Å². The maximum absolute atomic E-state index is 12.8. The van der Waals surface area contributed by atoms with Crippen LogP contribution in [0.25, 0.3) is 22.0 Å². The lowest BCUT2D eigenvalue weighted by Gasteiger charge is -2.27. The summed E-state index contributed by atoms with van der Waals surface area (Å²) in [6.07, 6.45) is 5.45. The average molecular weight is 348 g/mol. The minimum Gasteiger partial charge on any atom is -0.376 e. The Kier molecular flexibility index (Phi) is 4.76. The number of rotatable bonds is 4. The fraction of sp³-hybridized carbons (Fsp3) is 0.318. The summed E-state index contributed by atoms with van der Waals surface area (Å²) >= 11 is 0. The first kappa shape index (κ1) is 16.9. The molecule has 0 radical (unpaired) electrons. The molecule has 4 rings (SSSR count). The molecule has 0 aliphatic carbocycles. The van der Waals surface area contributed by atoms with E-state index in [1.165, 1.54) is 11.8 Å². The van der Waals surface area contributed by atoms with Crippen molar-refractivity contribution in [3.63, 3.8) is 0 Å². The molecular formula is C22H24N2O2. The maximum Gasteiger partial charge on any atom is 0.253 e. The van der Waals surface area contributed by atoms with E-state index in [0.29, 0.717) is 6.54 Å². The zero-order valence-electron chi connectivity index (χ0n) is 15.1. The van der Waals surface area contributed by atoms with Gasteiger partial charge in [0.2, 0.25) is 0 Å². The Labute approximate surface area is 153 Å². The zero-order chi connectivity index (χ0) is 17.9. The average Bonchev–Trinajstić information content (AvgIpc) is 3.16. The fourth-order valence-electron chi connectivity index (χ4n) is 3.62. The van der Waals surface area contributed by atoms with Gasteiger partial charge in [-0.25, -0.2) is 0 Å². The van der Waals surface area contributed by atoms with Gasteiger partial charge in [0.25, 0.3) is 5.91 Å². The van der Waals surface area contributed by atoms with E-state index in [2.05, 4.69) is 35.3 Å². The first-order valence-corrected chi connectivity index (χ1v) is 9.25. The molecule has 2 aromatic carbocycles. The van der Waals surface area contributed by atoms with Crippen LogP contribution in [0.4, 0.5) is 0 Å². The van der Waals surface area contributed by atoms with Crippen LogP contribution in [0.1, 0.15) is 29.6 Å². The van der Waals surface area contributed by atoms with E-state index < -0.39 is 0 Å². The van der Waals surface area contributed by atoms with Crippen molar-refractivity contribution in [2.45, 2.75) is 25.4 Å². The number of benzene rings is 2. The molecule has 1 atom stereocenters. The fourth-order valence-corrected chi connectivity index (χ4v) is 3.62. The number of likely N-dealkylation sites (N-methyl/N-ethyl adjacent to an activating group) is 1. The Morgan fingerprint density at radius 3 is 2.88 bits per heavy atom. The number of nitrogens with one attached hydrogen (secondary N) is 1. The molecule has 4 heteroatoms. The maximum atomic E-state index is 12.8. The van der Waals surface area contributed by atoms with Crippen molar-refractivity contribution in [1.82, 2.24) is 9.88 Å². The van der Waals surface area contributed by atoms with Crippen LogP contribution in [-0.2, 0) is 4.74 Å². The summed E-state index contributed by atoms with van der Waals surface area (Å²) in [6.45, 7) is 1.46. The number of nitrogens with zero attached hydrogens (tertiary/aromatic N) is 1. The predicted molar refractivity (Wildman–Crippen MR) is 104 cm³/mol. The van der Waals surface area contributed by atoms with E-state index in [-0.39, 0.29) is 12.0 Å². The lowest BCUT2D eigenvalue weighted by Crippen LogP contribution is -2.37. The van der Waals surface area contributed by atoms with Gasteiger partial charge in [-0.1, -0.05) is 18.2 Å². The minimum atomic E-state index is 0.0451. The molecule has 4 nitrogen and oxygen atoms in total. The first-order chi connectivity index (χ1) is 12.7. The lowest BCUT2D eigenvalue weighted by molar-refractivity contribution is -0.000186. The molecule has 134 valence electrons. The van der Waals surface area contributed by atoms with Gasteiger partial charge in [-0.15, -0.1) is 0 Å². The third-order valence-corrected chi connectivity index (χ3v) is 5.09. The summed E-state index contributed by atoms with van der Waals surface area (Å²) in [7, 11) is 1.86. The van der Waals surface area contributed by atoms with Gasteiger partial charge in [-0.3, -0.25) is 4.79 Å². The van der Waals surface area contributed by atoms with Crippen molar-refractivity contribution in [2.24, 2.45) is 0 Å². The van der Waals surface area contributed by atoms with Crippen molar-refractivity contribution in [3.8, 4) is 11.1 Å². The number of aromatic nitrogens is 1. The molecule has 1 aliphatic heterocycles. The molecule has 0 saturated carbocycles. The standard InChI is InChI=1S/C22H24N2O2/c1-24(15-20-7-2-3-12-26-20)22(25)19-6-4-5-16(14-19)17-8-9-21-18(13-17)10-11-23-21/h4-6,8-11,13-14,20,23H,2-3,7,12,15H2,1H3. The molecule has 26 heavy (non-hydrogen) atoms. The smallest absolute Gasteiger partial charge is 0.253 e. The van der Waals surface area contributed by atoms with Gasteiger partial charge < -0.3 is 14.6 Å². The molecule has 3 aromatic rings. The highest BCUT2D eigenvalue weighted by Crippen LogP contribution is 2.25. The molecule has 1 N–H and O–H groups in total. The highest BCUT2D eigenvalue weighted by molar-refractivity contribution is 5.95. The minimum absolute atomic E-state index is 0.0451. The SMILES string of the molecule is CN(CC1CCCCO1)C(=O)c1cccc(-c2ccc3[nH]ccc3c2)c1. The van der Waals surface area contributed by atoms with E-state index in [4.69, 9.17) is 4.74 Å². The van der Waals surface area contributed by atoms with Crippen molar-refractivity contribution < 1.29 is 9.53 Å².